The summed E-state index contributed by atoms with van der Waals surface area (Å²) in [5.41, 5.74) is 2.00. The highest BCUT2D eigenvalue weighted by atomic mass is 32.2. The average Bonchev–Trinajstić information content (AvgIpc) is 3.24. The van der Waals surface area contributed by atoms with Gasteiger partial charge in [-0.3, -0.25) is 4.79 Å². The lowest BCUT2D eigenvalue weighted by Crippen LogP contribution is -2.16. The van der Waals surface area contributed by atoms with Gasteiger partial charge in [0.2, 0.25) is 0 Å². The summed E-state index contributed by atoms with van der Waals surface area (Å²) in [5, 5.41) is 8.79. The van der Waals surface area contributed by atoms with E-state index in [4.69, 9.17) is 4.42 Å². The zero-order valence-electron chi connectivity index (χ0n) is 15.7. The zero-order valence-corrected chi connectivity index (χ0v) is 16.5. The van der Waals surface area contributed by atoms with Gasteiger partial charge in [0, 0.05) is 12.6 Å². The molecule has 136 valence electrons. The Kier molecular flexibility index (Phi) is 5.05. The second kappa shape index (κ2) is 7.11. The first-order chi connectivity index (χ1) is 12.3. The standard InChI is InChI=1S/C20H23N3O2S/c1-13(17(24)14-8-10-15(11-9-14)20(2,3)4)26-19-22-21-18(23(19)5)16-7-6-12-25-16/h6-13H,1-5H3/t13-/m0/s1. The maximum atomic E-state index is 12.8. The van der Waals surface area contributed by atoms with Gasteiger partial charge in [-0.2, -0.15) is 0 Å². The molecule has 0 amide bonds. The molecular formula is C20H23N3O2S. The van der Waals surface area contributed by atoms with Crippen LogP contribution in [0.15, 0.2) is 52.2 Å². The fraction of sp³-hybridized carbons (Fsp3) is 0.350. The van der Waals surface area contributed by atoms with Gasteiger partial charge in [0.05, 0.1) is 11.5 Å². The molecule has 6 heteroatoms. The molecule has 0 aliphatic rings. The first-order valence-corrected chi connectivity index (χ1v) is 9.40. The molecule has 3 aromatic rings. The molecule has 0 saturated carbocycles. The van der Waals surface area contributed by atoms with Crippen LogP contribution in [-0.4, -0.2) is 25.8 Å². The number of carbonyl (C=O) groups excluding carboxylic acids is 1. The third-order valence-electron chi connectivity index (χ3n) is 4.26. The van der Waals surface area contributed by atoms with Crippen molar-refractivity contribution in [2.75, 3.05) is 0 Å². The number of furan rings is 1. The fourth-order valence-electron chi connectivity index (χ4n) is 2.62. The predicted octanol–water partition coefficient (Wildman–Crippen LogP) is 4.74. The molecule has 5 nitrogen and oxygen atoms in total. The smallest absolute Gasteiger partial charge is 0.200 e. The lowest BCUT2D eigenvalue weighted by Gasteiger charge is -2.19. The van der Waals surface area contributed by atoms with Gasteiger partial charge >= 0.3 is 0 Å². The molecule has 0 aliphatic heterocycles. The number of Topliss-reactive ketones (excluding diaryl/α,β-unsaturated/α-hetero) is 1. The van der Waals surface area contributed by atoms with E-state index in [2.05, 4.69) is 31.0 Å². The van der Waals surface area contributed by atoms with Gasteiger partial charge in [0.1, 0.15) is 0 Å². The van der Waals surface area contributed by atoms with Crippen LogP contribution < -0.4 is 0 Å². The van der Waals surface area contributed by atoms with Crippen LogP contribution in [0.1, 0.15) is 43.6 Å². The topological polar surface area (TPSA) is 60.9 Å². The van der Waals surface area contributed by atoms with E-state index in [0.717, 1.165) is 0 Å². The monoisotopic (exact) mass is 369 g/mol. The molecular weight excluding hydrogens is 346 g/mol. The van der Waals surface area contributed by atoms with E-state index in [-0.39, 0.29) is 16.4 Å². The lowest BCUT2D eigenvalue weighted by atomic mass is 9.86. The quantitative estimate of drug-likeness (QED) is 0.480. The largest absolute Gasteiger partial charge is 0.461 e. The Balaban J connectivity index is 1.74. The van der Waals surface area contributed by atoms with Crippen molar-refractivity contribution in [3.63, 3.8) is 0 Å². The number of benzene rings is 1. The van der Waals surface area contributed by atoms with E-state index >= 15 is 0 Å². The summed E-state index contributed by atoms with van der Waals surface area (Å²) in [7, 11) is 1.87. The second-order valence-corrected chi connectivity index (χ2v) is 8.60. The highest BCUT2D eigenvalue weighted by Gasteiger charge is 2.22. The summed E-state index contributed by atoms with van der Waals surface area (Å²) in [6.45, 7) is 8.37. The first-order valence-electron chi connectivity index (χ1n) is 8.52. The Morgan fingerprint density at radius 2 is 1.85 bits per heavy atom. The maximum Gasteiger partial charge on any atom is 0.200 e. The number of nitrogens with zero attached hydrogens (tertiary/aromatic N) is 3. The number of carbonyl (C=O) groups is 1. The van der Waals surface area contributed by atoms with Crippen LogP contribution in [-0.2, 0) is 12.5 Å². The zero-order chi connectivity index (χ0) is 18.9. The van der Waals surface area contributed by atoms with Crippen molar-refractivity contribution in [1.29, 1.82) is 0 Å². The maximum absolute atomic E-state index is 12.8. The van der Waals surface area contributed by atoms with Gasteiger partial charge in [-0.25, -0.2) is 0 Å². The second-order valence-electron chi connectivity index (χ2n) is 7.29. The van der Waals surface area contributed by atoms with E-state index in [9.17, 15) is 4.79 Å². The van der Waals surface area contributed by atoms with Crippen LogP contribution in [0.3, 0.4) is 0 Å². The molecule has 3 rings (SSSR count). The molecule has 1 aromatic carbocycles. The molecule has 0 saturated heterocycles. The van der Waals surface area contributed by atoms with E-state index in [0.29, 0.717) is 22.3 Å². The number of hydrogen-bond acceptors (Lipinski definition) is 5. The average molecular weight is 369 g/mol. The van der Waals surface area contributed by atoms with Crippen LogP contribution in [0.5, 0.6) is 0 Å². The van der Waals surface area contributed by atoms with Gasteiger partial charge in [-0.05, 0) is 30.0 Å². The van der Waals surface area contributed by atoms with Crippen LogP contribution in [0, 0.1) is 0 Å². The summed E-state index contributed by atoms with van der Waals surface area (Å²) < 4.78 is 7.22. The Labute approximate surface area is 157 Å². The van der Waals surface area contributed by atoms with Gasteiger partial charge in [0.15, 0.2) is 22.5 Å². The Morgan fingerprint density at radius 3 is 2.42 bits per heavy atom. The summed E-state index contributed by atoms with van der Waals surface area (Å²) in [6.07, 6.45) is 1.60. The fourth-order valence-corrected chi connectivity index (χ4v) is 3.51. The van der Waals surface area contributed by atoms with E-state index in [1.54, 1.807) is 6.26 Å². The van der Waals surface area contributed by atoms with Crippen molar-refractivity contribution < 1.29 is 9.21 Å². The predicted molar refractivity (Wildman–Crippen MR) is 103 cm³/mol. The lowest BCUT2D eigenvalue weighted by molar-refractivity contribution is 0.0994. The molecule has 0 N–H and O–H groups in total. The summed E-state index contributed by atoms with van der Waals surface area (Å²) in [5.74, 6) is 1.38. The third kappa shape index (κ3) is 3.75. The third-order valence-corrected chi connectivity index (χ3v) is 5.40. The molecule has 1 atom stereocenters. The molecule has 0 unspecified atom stereocenters. The summed E-state index contributed by atoms with van der Waals surface area (Å²) in [4.78, 5) is 12.8. The first kappa shape index (κ1) is 18.5. The van der Waals surface area contributed by atoms with Gasteiger partial charge in [0.25, 0.3) is 0 Å². The van der Waals surface area contributed by atoms with Crippen molar-refractivity contribution in [2.24, 2.45) is 7.05 Å². The highest BCUT2D eigenvalue weighted by Crippen LogP contribution is 2.28. The van der Waals surface area contributed by atoms with Gasteiger partial charge in [-0.15, -0.1) is 10.2 Å². The summed E-state index contributed by atoms with van der Waals surface area (Å²) in [6, 6.07) is 11.5. The van der Waals surface area contributed by atoms with Crippen LogP contribution in [0.25, 0.3) is 11.6 Å². The molecule has 26 heavy (non-hydrogen) atoms. The number of ketones is 1. The number of hydrogen-bond donors (Lipinski definition) is 0. The minimum absolute atomic E-state index is 0.0722. The minimum atomic E-state index is -0.261. The molecule has 2 aromatic heterocycles. The van der Waals surface area contributed by atoms with Gasteiger partial charge < -0.3 is 8.98 Å². The van der Waals surface area contributed by atoms with Crippen molar-refractivity contribution in [1.82, 2.24) is 14.8 Å². The summed E-state index contributed by atoms with van der Waals surface area (Å²) >= 11 is 1.40. The molecule has 0 bridgehead atoms. The molecule has 2 heterocycles. The van der Waals surface area contributed by atoms with E-state index < -0.39 is 0 Å². The number of aromatic nitrogens is 3. The Hall–Kier alpha value is -2.34. The minimum Gasteiger partial charge on any atom is -0.461 e. The van der Waals surface area contributed by atoms with E-state index in [1.165, 1.54) is 17.3 Å². The number of rotatable bonds is 5. The van der Waals surface area contributed by atoms with Crippen molar-refractivity contribution in [3.8, 4) is 11.6 Å². The molecule has 0 spiro atoms. The van der Waals surface area contributed by atoms with Crippen molar-refractivity contribution >= 4 is 17.5 Å². The van der Waals surface area contributed by atoms with Crippen molar-refractivity contribution in [2.45, 2.75) is 43.5 Å². The highest BCUT2D eigenvalue weighted by molar-refractivity contribution is 8.00. The SMILES string of the molecule is C[C@H](Sc1nnc(-c2ccco2)n1C)C(=O)c1ccc(C(C)(C)C)cc1. The van der Waals surface area contributed by atoms with Crippen LogP contribution in [0.2, 0.25) is 0 Å². The van der Waals surface area contributed by atoms with E-state index in [1.807, 2.05) is 54.9 Å². The molecule has 0 radical (unpaired) electrons. The normalized spacial score (nSPS) is 13.0. The Bertz CT molecular complexity index is 890. The van der Waals surface area contributed by atoms with Crippen LogP contribution in [0.4, 0.5) is 0 Å². The van der Waals surface area contributed by atoms with Crippen molar-refractivity contribution in [3.05, 3.63) is 53.8 Å². The van der Waals surface area contributed by atoms with Gasteiger partial charge in [-0.1, -0.05) is 56.8 Å². The molecule has 0 fully saturated rings. The number of thioether (sulfide) groups is 1. The molecule has 0 aliphatic carbocycles. The Morgan fingerprint density at radius 1 is 1.15 bits per heavy atom. The van der Waals surface area contributed by atoms with Crippen LogP contribution >= 0.6 is 11.8 Å².